The second kappa shape index (κ2) is 5.42. The maximum Gasteiger partial charge on any atom is 0.180 e. The van der Waals surface area contributed by atoms with Crippen molar-refractivity contribution in [1.82, 2.24) is 19.9 Å². The molecular formula is C14H18N6. The average Bonchev–Trinajstić information content (AvgIpc) is 2.48. The molecule has 104 valence electrons. The van der Waals surface area contributed by atoms with Crippen LogP contribution in [-0.2, 0) is 0 Å². The first-order valence-electron chi connectivity index (χ1n) is 6.71. The topological polar surface area (TPSA) is 71.2 Å². The molecule has 2 aromatic rings. The summed E-state index contributed by atoms with van der Waals surface area (Å²) in [4.78, 5) is 17.5. The van der Waals surface area contributed by atoms with Crippen molar-refractivity contribution in [2.45, 2.75) is 0 Å². The Morgan fingerprint density at radius 3 is 2.50 bits per heavy atom. The Hall–Kier alpha value is -2.21. The number of hydrogen-bond acceptors (Lipinski definition) is 6. The van der Waals surface area contributed by atoms with E-state index < -0.39 is 0 Å². The van der Waals surface area contributed by atoms with Crippen molar-refractivity contribution in [3.8, 4) is 11.5 Å². The number of likely N-dealkylation sites (N-methyl/N-ethyl adjacent to an activating group) is 1. The van der Waals surface area contributed by atoms with Crippen LogP contribution < -0.4 is 10.6 Å². The van der Waals surface area contributed by atoms with Crippen LogP contribution in [0.5, 0.6) is 0 Å². The summed E-state index contributed by atoms with van der Waals surface area (Å²) in [6.45, 7) is 4.23. The van der Waals surface area contributed by atoms with Gasteiger partial charge in [0, 0.05) is 32.4 Å². The lowest BCUT2D eigenvalue weighted by Gasteiger charge is -2.33. The van der Waals surface area contributed by atoms with E-state index in [-0.39, 0.29) is 0 Å². The van der Waals surface area contributed by atoms with Gasteiger partial charge in [-0.25, -0.2) is 9.97 Å². The molecule has 2 N–H and O–H groups in total. The van der Waals surface area contributed by atoms with E-state index in [0.717, 1.165) is 37.6 Å². The molecule has 1 saturated heterocycles. The van der Waals surface area contributed by atoms with Gasteiger partial charge in [-0.3, -0.25) is 4.98 Å². The van der Waals surface area contributed by atoms with E-state index in [0.29, 0.717) is 11.6 Å². The number of aromatic nitrogens is 3. The fourth-order valence-corrected chi connectivity index (χ4v) is 2.27. The maximum absolute atomic E-state index is 5.66. The lowest BCUT2D eigenvalue weighted by atomic mass is 10.2. The van der Waals surface area contributed by atoms with Crippen molar-refractivity contribution in [2.75, 3.05) is 43.9 Å². The zero-order valence-electron chi connectivity index (χ0n) is 11.5. The van der Waals surface area contributed by atoms with Crippen LogP contribution >= 0.6 is 0 Å². The van der Waals surface area contributed by atoms with Gasteiger partial charge in [0.2, 0.25) is 0 Å². The first-order chi connectivity index (χ1) is 9.72. The Morgan fingerprint density at radius 2 is 1.85 bits per heavy atom. The summed E-state index contributed by atoms with van der Waals surface area (Å²) in [5, 5.41) is 0. The molecule has 6 heteroatoms. The fourth-order valence-electron chi connectivity index (χ4n) is 2.27. The Bertz CT molecular complexity index is 574. The quantitative estimate of drug-likeness (QED) is 0.873. The summed E-state index contributed by atoms with van der Waals surface area (Å²) >= 11 is 0. The number of nitrogens with zero attached hydrogens (tertiary/aromatic N) is 5. The van der Waals surface area contributed by atoms with Crippen molar-refractivity contribution in [3.05, 3.63) is 30.6 Å². The van der Waals surface area contributed by atoms with Crippen LogP contribution in [0.3, 0.4) is 0 Å². The Morgan fingerprint density at radius 1 is 1.05 bits per heavy atom. The van der Waals surface area contributed by atoms with E-state index in [1.54, 1.807) is 12.3 Å². The Balaban J connectivity index is 1.78. The average molecular weight is 270 g/mol. The van der Waals surface area contributed by atoms with Gasteiger partial charge >= 0.3 is 0 Å². The van der Waals surface area contributed by atoms with E-state index in [4.69, 9.17) is 5.73 Å². The standard InChI is InChI=1S/C14H18N6/c1-19-6-8-20(9-7-19)11-2-3-12(17-10-11)14-16-5-4-13(15)18-14/h2-5,10H,6-9H2,1H3,(H2,15,16,18). The Labute approximate surface area is 118 Å². The van der Waals surface area contributed by atoms with E-state index in [1.165, 1.54) is 0 Å². The van der Waals surface area contributed by atoms with Crippen molar-refractivity contribution >= 4 is 11.5 Å². The first-order valence-corrected chi connectivity index (χ1v) is 6.71. The van der Waals surface area contributed by atoms with Crippen LogP contribution in [0.1, 0.15) is 0 Å². The smallest absolute Gasteiger partial charge is 0.180 e. The van der Waals surface area contributed by atoms with Crippen LogP contribution in [0.15, 0.2) is 30.6 Å². The molecule has 2 aromatic heterocycles. The van der Waals surface area contributed by atoms with Gasteiger partial charge in [-0.15, -0.1) is 0 Å². The molecule has 1 aliphatic heterocycles. The normalized spacial score (nSPS) is 16.4. The maximum atomic E-state index is 5.66. The lowest BCUT2D eigenvalue weighted by Crippen LogP contribution is -2.44. The Kier molecular flexibility index (Phi) is 3.47. The molecular weight excluding hydrogens is 252 g/mol. The summed E-state index contributed by atoms with van der Waals surface area (Å²) < 4.78 is 0. The third-order valence-electron chi connectivity index (χ3n) is 3.52. The molecule has 0 unspecified atom stereocenters. The van der Waals surface area contributed by atoms with Crippen LogP contribution in [0.25, 0.3) is 11.5 Å². The largest absolute Gasteiger partial charge is 0.384 e. The highest BCUT2D eigenvalue weighted by molar-refractivity contribution is 5.55. The number of pyridine rings is 1. The third-order valence-corrected chi connectivity index (χ3v) is 3.52. The number of rotatable bonds is 2. The molecule has 1 aliphatic rings. The molecule has 20 heavy (non-hydrogen) atoms. The summed E-state index contributed by atoms with van der Waals surface area (Å²) in [6.07, 6.45) is 3.53. The van der Waals surface area contributed by atoms with Crippen molar-refractivity contribution in [2.24, 2.45) is 0 Å². The van der Waals surface area contributed by atoms with Crippen LogP contribution in [0.2, 0.25) is 0 Å². The predicted molar refractivity (Wildman–Crippen MR) is 79.4 cm³/mol. The molecule has 0 radical (unpaired) electrons. The highest BCUT2D eigenvalue weighted by Crippen LogP contribution is 2.19. The van der Waals surface area contributed by atoms with E-state index in [1.807, 2.05) is 12.3 Å². The van der Waals surface area contributed by atoms with Gasteiger partial charge in [-0.1, -0.05) is 0 Å². The minimum atomic E-state index is 0.458. The van der Waals surface area contributed by atoms with Gasteiger partial charge in [0.1, 0.15) is 11.5 Å². The molecule has 0 saturated carbocycles. The molecule has 0 spiro atoms. The van der Waals surface area contributed by atoms with Crippen molar-refractivity contribution < 1.29 is 0 Å². The molecule has 3 heterocycles. The highest BCUT2D eigenvalue weighted by atomic mass is 15.2. The summed E-state index contributed by atoms with van der Waals surface area (Å²) in [5.74, 6) is 1.02. The molecule has 1 fully saturated rings. The van der Waals surface area contributed by atoms with Gasteiger partial charge in [0.15, 0.2) is 5.82 Å². The summed E-state index contributed by atoms with van der Waals surface area (Å²) in [5.41, 5.74) is 7.55. The monoisotopic (exact) mass is 270 g/mol. The zero-order valence-corrected chi connectivity index (χ0v) is 11.5. The highest BCUT2D eigenvalue weighted by Gasteiger charge is 2.14. The summed E-state index contributed by atoms with van der Waals surface area (Å²) in [7, 11) is 2.15. The molecule has 0 aromatic carbocycles. The van der Waals surface area contributed by atoms with Crippen LogP contribution in [0.4, 0.5) is 11.5 Å². The van der Waals surface area contributed by atoms with Gasteiger partial charge in [-0.05, 0) is 25.2 Å². The second-order valence-electron chi connectivity index (χ2n) is 5.00. The zero-order chi connectivity index (χ0) is 13.9. The predicted octanol–water partition coefficient (Wildman–Crippen LogP) is 0.873. The van der Waals surface area contributed by atoms with Gasteiger partial charge in [0.05, 0.1) is 11.9 Å². The number of anilines is 2. The van der Waals surface area contributed by atoms with Gasteiger partial charge < -0.3 is 15.5 Å². The molecule has 3 rings (SSSR count). The molecule has 0 amide bonds. The second-order valence-corrected chi connectivity index (χ2v) is 5.00. The fraction of sp³-hybridized carbons (Fsp3) is 0.357. The van der Waals surface area contributed by atoms with Crippen molar-refractivity contribution in [1.29, 1.82) is 0 Å². The van der Waals surface area contributed by atoms with E-state index in [9.17, 15) is 0 Å². The molecule has 6 nitrogen and oxygen atoms in total. The number of nitrogens with two attached hydrogens (primary N) is 1. The van der Waals surface area contributed by atoms with Gasteiger partial charge in [0.25, 0.3) is 0 Å². The minimum absolute atomic E-state index is 0.458. The van der Waals surface area contributed by atoms with Crippen LogP contribution in [0, 0.1) is 0 Å². The van der Waals surface area contributed by atoms with Crippen molar-refractivity contribution in [3.63, 3.8) is 0 Å². The molecule has 0 aliphatic carbocycles. The SMILES string of the molecule is CN1CCN(c2ccc(-c3nccc(N)n3)nc2)CC1. The van der Waals surface area contributed by atoms with Gasteiger partial charge in [-0.2, -0.15) is 0 Å². The third kappa shape index (κ3) is 2.70. The number of nitrogen functional groups attached to an aromatic ring is 1. The number of hydrogen-bond donors (Lipinski definition) is 1. The summed E-state index contributed by atoms with van der Waals surface area (Å²) in [6, 6.07) is 5.69. The molecule has 0 atom stereocenters. The van der Waals surface area contributed by atoms with E-state index >= 15 is 0 Å². The minimum Gasteiger partial charge on any atom is -0.384 e. The van der Waals surface area contributed by atoms with E-state index in [2.05, 4.69) is 37.9 Å². The first kappa shape index (κ1) is 12.8. The molecule has 0 bridgehead atoms. The lowest BCUT2D eigenvalue weighted by molar-refractivity contribution is 0.313. The number of piperazine rings is 1. The van der Waals surface area contributed by atoms with Crippen LogP contribution in [-0.4, -0.2) is 53.1 Å².